The van der Waals surface area contributed by atoms with E-state index in [1.165, 1.54) is 4.90 Å². The molecule has 2 heterocycles. The largest absolute Gasteiger partial charge is 0.471 e. The van der Waals surface area contributed by atoms with Crippen LogP contribution in [0, 0.1) is 0 Å². The number of rotatable bonds is 3. The van der Waals surface area contributed by atoms with Gasteiger partial charge in [0, 0.05) is 38.2 Å². The number of nitrogens with zero attached hydrogens (tertiary/aromatic N) is 3. The van der Waals surface area contributed by atoms with Crippen LogP contribution in [0.25, 0.3) is 0 Å². The summed E-state index contributed by atoms with van der Waals surface area (Å²) >= 11 is 0. The van der Waals surface area contributed by atoms with E-state index in [0.29, 0.717) is 11.5 Å². The van der Waals surface area contributed by atoms with E-state index in [1.54, 1.807) is 6.07 Å². The van der Waals surface area contributed by atoms with Crippen LogP contribution in [-0.2, 0) is 11.3 Å². The zero-order valence-corrected chi connectivity index (χ0v) is 14.1. The Hall–Kier alpha value is -2.26. The third-order valence-electron chi connectivity index (χ3n) is 3.88. The lowest BCUT2D eigenvalue weighted by Gasteiger charge is -2.23. The molecule has 1 aromatic rings. The van der Waals surface area contributed by atoms with Gasteiger partial charge in [-0.1, -0.05) is 19.0 Å². The molecule has 1 aliphatic rings. The van der Waals surface area contributed by atoms with Crippen LogP contribution < -0.4 is 5.32 Å². The van der Waals surface area contributed by atoms with Crippen LogP contribution in [-0.4, -0.2) is 59.3 Å². The Balaban J connectivity index is 1.85. The highest BCUT2D eigenvalue weighted by molar-refractivity contribution is 5.82. The molecule has 1 saturated heterocycles. The Morgan fingerprint density at radius 3 is 2.48 bits per heavy atom. The molecular formula is C15H21F3N4O3. The number of hydrogen-bond acceptors (Lipinski definition) is 4. The second-order valence-corrected chi connectivity index (χ2v) is 6.16. The van der Waals surface area contributed by atoms with Crippen molar-refractivity contribution in [3.8, 4) is 0 Å². The van der Waals surface area contributed by atoms with Crippen LogP contribution in [0.4, 0.5) is 18.0 Å². The third kappa shape index (κ3) is 5.10. The highest BCUT2D eigenvalue weighted by Crippen LogP contribution is 2.19. The zero-order valence-electron chi connectivity index (χ0n) is 14.1. The quantitative estimate of drug-likeness (QED) is 0.893. The molecule has 10 heteroatoms. The number of nitrogens with one attached hydrogen (secondary N) is 1. The van der Waals surface area contributed by atoms with Gasteiger partial charge in [-0.3, -0.25) is 4.79 Å². The number of aromatic nitrogens is 1. The van der Waals surface area contributed by atoms with E-state index in [2.05, 4.69) is 10.5 Å². The fourth-order valence-electron chi connectivity index (χ4n) is 2.46. The molecule has 0 radical (unpaired) electrons. The number of hydrogen-bond donors (Lipinski definition) is 1. The lowest BCUT2D eigenvalue weighted by atomic mass is 10.1. The first-order chi connectivity index (χ1) is 11.7. The summed E-state index contributed by atoms with van der Waals surface area (Å²) in [5.41, 5.74) is 0.570. The Morgan fingerprint density at radius 1 is 1.24 bits per heavy atom. The first-order valence-electron chi connectivity index (χ1n) is 8.03. The monoisotopic (exact) mass is 362 g/mol. The third-order valence-corrected chi connectivity index (χ3v) is 3.88. The molecule has 0 aromatic carbocycles. The van der Waals surface area contributed by atoms with Crippen molar-refractivity contribution in [3.63, 3.8) is 0 Å². The lowest BCUT2D eigenvalue weighted by Crippen LogP contribution is -2.45. The molecule has 140 valence electrons. The van der Waals surface area contributed by atoms with Crippen molar-refractivity contribution in [2.24, 2.45) is 0 Å². The van der Waals surface area contributed by atoms with E-state index in [0.717, 1.165) is 4.90 Å². The molecule has 0 bridgehead atoms. The molecule has 25 heavy (non-hydrogen) atoms. The summed E-state index contributed by atoms with van der Waals surface area (Å²) in [5.74, 6) is -0.974. The number of alkyl halides is 3. The highest BCUT2D eigenvalue weighted by Gasteiger charge is 2.42. The van der Waals surface area contributed by atoms with E-state index < -0.39 is 18.1 Å². The van der Waals surface area contributed by atoms with Gasteiger partial charge in [0.25, 0.3) is 0 Å². The van der Waals surface area contributed by atoms with Crippen LogP contribution in [0.1, 0.15) is 37.6 Å². The topological polar surface area (TPSA) is 78.7 Å². The Labute approximate surface area is 143 Å². The normalized spacial score (nSPS) is 16.1. The summed E-state index contributed by atoms with van der Waals surface area (Å²) in [7, 11) is 0. The molecule has 0 unspecified atom stereocenters. The lowest BCUT2D eigenvalue weighted by molar-refractivity contribution is -0.185. The smallest absolute Gasteiger partial charge is 0.361 e. The molecule has 0 aliphatic carbocycles. The van der Waals surface area contributed by atoms with Gasteiger partial charge in [0.2, 0.25) is 0 Å². The van der Waals surface area contributed by atoms with E-state index in [1.807, 2.05) is 13.8 Å². The summed E-state index contributed by atoms with van der Waals surface area (Å²) in [4.78, 5) is 25.6. The maximum absolute atomic E-state index is 12.5. The second-order valence-electron chi connectivity index (χ2n) is 6.16. The van der Waals surface area contributed by atoms with Crippen molar-refractivity contribution >= 4 is 11.9 Å². The molecule has 1 aliphatic heterocycles. The highest BCUT2D eigenvalue weighted by atomic mass is 19.4. The van der Waals surface area contributed by atoms with E-state index >= 15 is 0 Å². The summed E-state index contributed by atoms with van der Waals surface area (Å²) in [6.45, 7) is 4.22. The Bertz CT molecular complexity index is 615. The molecular weight excluding hydrogens is 341 g/mol. The van der Waals surface area contributed by atoms with Crippen LogP contribution in [0.2, 0.25) is 0 Å². The Kier molecular flexibility index (Phi) is 5.91. The first kappa shape index (κ1) is 19.1. The molecule has 0 saturated carbocycles. The van der Waals surface area contributed by atoms with Gasteiger partial charge in [-0.15, -0.1) is 0 Å². The van der Waals surface area contributed by atoms with Gasteiger partial charge in [-0.05, 0) is 6.42 Å². The summed E-state index contributed by atoms with van der Waals surface area (Å²) in [6, 6.07) is 1.34. The van der Waals surface area contributed by atoms with Crippen molar-refractivity contribution in [2.75, 3.05) is 26.2 Å². The number of carbonyl (C=O) groups excluding carboxylic acids is 2. The molecule has 0 spiro atoms. The van der Waals surface area contributed by atoms with Gasteiger partial charge in [0.1, 0.15) is 11.5 Å². The summed E-state index contributed by atoms with van der Waals surface area (Å²) < 4.78 is 42.6. The van der Waals surface area contributed by atoms with Gasteiger partial charge in [0.05, 0.1) is 6.54 Å². The summed E-state index contributed by atoms with van der Waals surface area (Å²) in [5, 5.41) is 6.51. The second kappa shape index (κ2) is 7.75. The fourth-order valence-corrected chi connectivity index (χ4v) is 2.46. The molecule has 1 N–H and O–H groups in total. The van der Waals surface area contributed by atoms with Crippen molar-refractivity contribution in [2.45, 2.75) is 38.9 Å². The van der Waals surface area contributed by atoms with Gasteiger partial charge >= 0.3 is 18.1 Å². The van der Waals surface area contributed by atoms with E-state index in [-0.39, 0.29) is 45.1 Å². The minimum Gasteiger partial charge on any atom is -0.361 e. The maximum atomic E-state index is 12.5. The molecule has 0 atom stereocenters. The predicted octanol–water partition coefficient (Wildman–Crippen LogP) is 2.10. The van der Waals surface area contributed by atoms with Crippen molar-refractivity contribution in [3.05, 3.63) is 17.5 Å². The summed E-state index contributed by atoms with van der Waals surface area (Å²) in [6.07, 6.45) is -4.60. The van der Waals surface area contributed by atoms with E-state index in [9.17, 15) is 22.8 Å². The zero-order chi connectivity index (χ0) is 18.6. The number of urea groups is 1. The van der Waals surface area contributed by atoms with Crippen molar-refractivity contribution in [1.82, 2.24) is 20.3 Å². The van der Waals surface area contributed by atoms with Gasteiger partial charge < -0.3 is 19.6 Å². The van der Waals surface area contributed by atoms with Crippen LogP contribution in [0.15, 0.2) is 10.6 Å². The Morgan fingerprint density at radius 2 is 1.88 bits per heavy atom. The fraction of sp³-hybridized carbons (Fsp3) is 0.667. The first-order valence-corrected chi connectivity index (χ1v) is 8.03. The average Bonchev–Trinajstić information content (AvgIpc) is 2.88. The maximum Gasteiger partial charge on any atom is 0.471 e. The predicted molar refractivity (Wildman–Crippen MR) is 81.7 cm³/mol. The molecule has 3 amide bonds. The number of carbonyl (C=O) groups is 2. The van der Waals surface area contributed by atoms with Crippen LogP contribution in [0.3, 0.4) is 0 Å². The standard InChI is InChI=1S/C15H21F3N4O3/c1-10(2)12-8-11(20-25-12)9-19-14(24)22-5-3-4-21(6-7-22)13(23)15(16,17)18/h8,10H,3-7,9H2,1-2H3,(H,19,24). The minimum atomic E-state index is -4.89. The number of halogens is 3. The molecule has 1 aromatic heterocycles. The van der Waals surface area contributed by atoms with Gasteiger partial charge in [-0.25, -0.2) is 4.79 Å². The van der Waals surface area contributed by atoms with Gasteiger partial charge in [0.15, 0.2) is 0 Å². The average molecular weight is 362 g/mol. The van der Waals surface area contributed by atoms with Gasteiger partial charge in [-0.2, -0.15) is 13.2 Å². The SMILES string of the molecule is CC(C)c1cc(CNC(=O)N2CCCN(C(=O)C(F)(F)F)CC2)no1. The van der Waals surface area contributed by atoms with Crippen molar-refractivity contribution in [1.29, 1.82) is 0 Å². The van der Waals surface area contributed by atoms with E-state index in [4.69, 9.17) is 4.52 Å². The molecule has 7 nitrogen and oxygen atoms in total. The molecule has 1 fully saturated rings. The van der Waals surface area contributed by atoms with Crippen LogP contribution >= 0.6 is 0 Å². The minimum absolute atomic E-state index is 0.0246. The number of amides is 3. The van der Waals surface area contributed by atoms with Crippen molar-refractivity contribution < 1.29 is 27.3 Å². The van der Waals surface area contributed by atoms with Crippen LogP contribution in [0.5, 0.6) is 0 Å². The molecule has 2 rings (SSSR count).